The van der Waals surface area contributed by atoms with Crippen LogP contribution in [0.4, 0.5) is 0 Å². The number of benzene rings is 3. The van der Waals surface area contributed by atoms with E-state index in [2.05, 4.69) is 29.1 Å². The van der Waals surface area contributed by atoms with Crippen LogP contribution in [0.15, 0.2) is 85.2 Å². The highest BCUT2D eigenvalue weighted by Crippen LogP contribution is 2.24. The van der Waals surface area contributed by atoms with Crippen molar-refractivity contribution in [1.29, 1.82) is 0 Å². The maximum atomic E-state index is 12.7. The van der Waals surface area contributed by atoms with Gasteiger partial charge in [0.05, 0.1) is 6.61 Å². The highest BCUT2D eigenvalue weighted by atomic mass is 16.5. The number of amides is 1. The van der Waals surface area contributed by atoms with Crippen LogP contribution in [-0.4, -0.2) is 39.6 Å². The highest BCUT2D eigenvalue weighted by molar-refractivity contribution is 5.96. The summed E-state index contributed by atoms with van der Waals surface area (Å²) in [7, 11) is 0. The molecule has 0 saturated heterocycles. The molecule has 1 heterocycles. The first-order valence-electron chi connectivity index (χ1n) is 15.7. The van der Waals surface area contributed by atoms with Crippen LogP contribution in [0.3, 0.4) is 0 Å². The number of unbranched alkanes of at least 4 members (excludes halogenated alkanes) is 5. The molecule has 230 valence electrons. The van der Waals surface area contributed by atoms with Gasteiger partial charge in [-0.25, -0.2) is 14.8 Å². The van der Waals surface area contributed by atoms with Gasteiger partial charge >= 0.3 is 5.97 Å². The summed E-state index contributed by atoms with van der Waals surface area (Å²) < 4.78 is 5.87. The van der Waals surface area contributed by atoms with E-state index in [1.165, 1.54) is 31.2 Å². The SMILES string of the molecule is CCCCCCCOc1ccc(-c2cnc(-c3ccc(CC(NC(=O)c4ccc(CCCC)cc4)C(=O)O)cc3)nc2)cc1. The van der Waals surface area contributed by atoms with Gasteiger partial charge in [0.1, 0.15) is 11.8 Å². The first kappa shape index (κ1) is 32.4. The molecule has 3 aromatic carbocycles. The normalized spacial score (nSPS) is 11.6. The van der Waals surface area contributed by atoms with E-state index in [9.17, 15) is 14.7 Å². The average Bonchev–Trinajstić information content (AvgIpc) is 3.06. The topological polar surface area (TPSA) is 101 Å². The second-order valence-electron chi connectivity index (χ2n) is 11.1. The minimum atomic E-state index is -1.08. The molecule has 1 amide bonds. The summed E-state index contributed by atoms with van der Waals surface area (Å²) >= 11 is 0. The molecule has 0 spiro atoms. The number of aliphatic carboxylic acids is 1. The predicted molar refractivity (Wildman–Crippen MR) is 175 cm³/mol. The Labute approximate surface area is 260 Å². The van der Waals surface area contributed by atoms with Crippen LogP contribution >= 0.6 is 0 Å². The Morgan fingerprint density at radius 2 is 1.34 bits per heavy atom. The Hall–Kier alpha value is -4.52. The Bertz CT molecular complexity index is 1450. The largest absolute Gasteiger partial charge is 0.494 e. The number of aromatic nitrogens is 2. The fourth-order valence-corrected chi connectivity index (χ4v) is 4.94. The van der Waals surface area contributed by atoms with Crippen LogP contribution in [0.2, 0.25) is 0 Å². The average molecular weight is 594 g/mol. The number of carbonyl (C=O) groups is 2. The van der Waals surface area contributed by atoms with Crippen LogP contribution in [0.25, 0.3) is 22.5 Å². The maximum absolute atomic E-state index is 12.7. The van der Waals surface area contributed by atoms with Gasteiger partial charge in [0.15, 0.2) is 5.82 Å². The minimum Gasteiger partial charge on any atom is -0.494 e. The van der Waals surface area contributed by atoms with E-state index >= 15 is 0 Å². The molecule has 4 rings (SSSR count). The number of aryl methyl sites for hydroxylation is 1. The van der Waals surface area contributed by atoms with Gasteiger partial charge in [-0.3, -0.25) is 4.79 Å². The third-order valence-corrected chi connectivity index (χ3v) is 7.65. The maximum Gasteiger partial charge on any atom is 0.326 e. The smallest absolute Gasteiger partial charge is 0.326 e. The van der Waals surface area contributed by atoms with Crippen molar-refractivity contribution in [3.8, 4) is 28.3 Å². The summed E-state index contributed by atoms with van der Waals surface area (Å²) in [6.07, 6.45) is 13.0. The molecule has 0 saturated carbocycles. The Morgan fingerprint density at radius 1 is 0.727 bits per heavy atom. The molecule has 0 fully saturated rings. The number of hydrogen-bond donors (Lipinski definition) is 2. The molecule has 1 aromatic heterocycles. The summed E-state index contributed by atoms with van der Waals surface area (Å²) in [4.78, 5) is 33.8. The molecular formula is C37H43N3O4. The lowest BCUT2D eigenvalue weighted by Gasteiger charge is -2.15. The van der Waals surface area contributed by atoms with Crippen molar-refractivity contribution in [2.75, 3.05) is 6.61 Å². The molecule has 1 unspecified atom stereocenters. The summed E-state index contributed by atoms with van der Waals surface area (Å²) in [5.74, 6) is -0.0377. The third kappa shape index (κ3) is 9.76. The van der Waals surface area contributed by atoms with Crippen molar-refractivity contribution in [3.63, 3.8) is 0 Å². The molecule has 0 aliphatic rings. The van der Waals surface area contributed by atoms with Crippen molar-refractivity contribution in [3.05, 3.63) is 102 Å². The van der Waals surface area contributed by atoms with Gasteiger partial charge in [-0.15, -0.1) is 0 Å². The molecule has 0 aliphatic heterocycles. The van der Waals surface area contributed by atoms with Crippen LogP contribution in [-0.2, 0) is 17.6 Å². The van der Waals surface area contributed by atoms with Crippen LogP contribution in [0, 0.1) is 0 Å². The summed E-state index contributed by atoms with van der Waals surface area (Å²) in [5.41, 5.74) is 5.14. The second kappa shape index (κ2) is 16.9. The number of carbonyl (C=O) groups excluding carboxylic acids is 1. The van der Waals surface area contributed by atoms with Gasteiger partial charge < -0.3 is 15.2 Å². The molecule has 4 aromatic rings. The zero-order valence-corrected chi connectivity index (χ0v) is 25.8. The number of nitrogens with zero attached hydrogens (tertiary/aromatic N) is 2. The fraction of sp³-hybridized carbons (Fsp3) is 0.351. The van der Waals surface area contributed by atoms with E-state index in [0.29, 0.717) is 11.4 Å². The van der Waals surface area contributed by atoms with Gasteiger partial charge in [-0.2, -0.15) is 0 Å². The van der Waals surface area contributed by atoms with Crippen LogP contribution < -0.4 is 10.1 Å². The van der Waals surface area contributed by atoms with Gasteiger partial charge in [0, 0.05) is 35.5 Å². The van der Waals surface area contributed by atoms with E-state index in [1.54, 1.807) is 24.5 Å². The lowest BCUT2D eigenvalue weighted by atomic mass is 10.0. The Balaban J connectivity index is 1.31. The molecule has 0 aliphatic carbocycles. The van der Waals surface area contributed by atoms with Gasteiger partial charge in [-0.05, 0) is 60.2 Å². The zero-order valence-electron chi connectivity index (χ0n) is 25.8. The standard InChI is InChI=1S/C37H43N3O4/c1-3-5-7-8-9-23-44-33-21-19-29(20-22-33)32-25-38-35(39-26-32)30-15-13-28(14-16-30)24-34(37(42)43)40-36(41)31-17-11-27(12-18-31)10-6-4-2/h11-22,25-26,34H,3-10,23-24H2,1-2H3,(H,40,41)(H,42,43). The lowest BCUT2D eigenvalue weighted by Crippen LogP contribution is -2.42. The highest BCUT2D eigenvalue weighted by Gasteiger charge is 2.21. The van der Waals surface area contributed by atoms with E-state index in [4.69, 9.17) is 4.74 Å². The monoisotopic (exact) mass is 593 g/mol. The fourth-order valence-electron chi connectivity index (χ4n) is 4.94. The van der Waals surface area contributed by atoms with E-state index in [0.717, 1.165) is 60.3 Å². The second-order valence-corrected chi connectivity index (χ2v) is 11.1. The molecular weight excluding hydrogens is 550 g/mol. The van der Waals surface area contributed by atoms with E-state index in [-0.39, 0.29) is 6.42 Å². The number of ether oxygens (including phenoxy) is 1. The molecule has 7 heteroatoms. The number of carboxylic acid groups (broad SMARTS) is 1. The number of rotatable bonds is 17. The van der Waals surface area contributed by atoms with Crippen molar-refractivity contribution in [1.82, 2.24) is 15.3 Å². The van der Waals surface area contributed by atoms with Crippen molar-refractivity contribution in [2.45, 2.75) is 77.7 Å². The van der Waals surface area contributed by atoms with Crippen LogP contribution in [0.5, 0.6) is 5.75 Å². The quantitative estimate of drug-likeness (QED) is 0.121. The summed E-state index contributed by atoms with van der Waals surface area (Å²) in [5, 5.41) is 12.4. The van der Waals surface area contributed by atoms with Crippen LogP contribution in [0.1, 0.15) is 80.3 Å². The van der Waals surface area contributed by atoms with Crippen molar-refractivity contribution >= 4 is 11.9 Å². The molecule has 44 heavy (non-hydrogen) atoms. The molecule has 0 bridgehead atoms. The van der Waals surface area contributed by atoms with Gasteiger partial charge in [0.2, 0.25) is 0 Å². The Kier molecular flexibility index (Phi) is 12.5. The first-order chi connectivity index (χ1) is 21.5. The molecule has 2 N–H and O–H groups in total. The number of nitrogens with one attached hydrogen (secondary N) is 1. The lowest BCUT2D eigenvalue weighted by molar-refractivity contribution is -0.139. The zero-order chi connectivity index (χ0) is 31.1. The van der Waals surface area contributed by atoms with E-state index in [1.807, 2.05) is 60.7 Å². The molecule has 1 atom stereocenters. The summed E-state index contributed by atoms with van der Waals surface area (Å²) in [6, 6.07) is 21.7. The van der Waals surface area contributed by atoms with Crippen molar-refractivity contribution < 1.29 is 19.4 Å². The molecule has 0 radical (unpaired) electrons. The summed E-state index contributed by atoms with van der Waals surface area (Å²) in [6.45, 7) is 5.09. The predicted octanol–water partition coefficient (Wildman–Crippen LogP) is 7.93. The Morgan fingerprint density at radius 3 is 1.98 bits per heavy atom. The van der Waals surface area contributed by atoms with Gasteiger partial charge in [-0.1, -0.05) is 94.5 Å². The van der Waals surface area contributed by atoms with Gasteiger partial charge in [0.25, 0.3) is 5.91 Å². The van der Waals surface area contributed by atoms with E-state index < -0.39 is 17.9 Å². The first-order valence-corrected chi connectivity index (χ1v) is 15.7. The number of hydrogen-bond acceptors (Lipinski definition) is 5. The molecule has 7 nitrogen and oxygen atoms in total. The third-order valence-electron chi connectivity index (χ3n) is 7.65. The minimum absolute atomic E-state index is 0.161. The number of carboxylic acids is 1. The van der Waals surface area contributed by atoms with Crippen molar-refractivity contribution in [2.24, 2.45) is 0 Å².